The van der Waals surface area contributed by atoms with Crippen LogP contribution in [0.2, 0.25) is 0 Å². The molecule has 0 radical (unpaired) electrons. The van der Waals surface area contributed by atoms with E-state index in [1.54, 1.807) is 6.92 Å². The van der Waals surface area contributed by atoms with E-state index in [0.29, 0.717) is 17.4 Å². The molecule has 0 saturated carbocycles. The number of ether oxygens (including phenoxy) is 1. The van der Waals surface area contributed by atoms with Crippen molar-refractivity contribution in [3.05, 3.63) is 29.8 Å². The largest absolute Gasteiger partial charge is 0.465 e. The lowest BCUT2D eigenvalue weighted by atomic mass is 10.2. The van der Waals surface area contributed by atoms with Gasteiger partial charge < -0.3 is 10.1 Å². The molecule has 1 fully saturated rings. The molecule has 1 aromatic heterocycles. The average molecular weight is 514 g/mol. The number of thioether (sulfide) groups is 1. The summed E-state index contributed by atoms with van der Waals surface area (Å²) in [6.07, 6.45) is 1.69. The van der Waals surface area contributed by atoms with E-state index in [1.165, 1.54) is 28.6 Å². The van der Waals surface area contributed by atoms with Crippen LogP contribution in [-0.4, -0.2) is 72.7 Å². The molecule has 0 spiro atoms. The van der Waals surface area contributed by atoms with Crippen LogP contribution in [0.1, 0.15) is 30.1 Å². The van der Waals surface area contributed by atoms with Crippen LogP contribution >= 0.6 is 23.1 Å². The van der Waals surface area contributed by atoms with Crippen LogP contribution in [0.15, 0.2) is 33.5 Å². The molecule has 2 aromatic rings. The Labute approximate surface area is 199 Å². The van der Waals surface area contributed by atoms with Gasteiger partial charge in [0.2, 0.25) is 21.1 Å². The van der Waals surface area contributed by atoms with E-state index in [1.807, 2.05) is 0 Å². The Morgan fingerprint density at radius 3 is 2.52 bits per heavy atom. The predicted molar refractivity (Wildman–Crippen MR) is 123 cm³/mol. The second-order valence-corrected chi connectivity index (χ2v) is 11.0. The number of anilines is 1. The number of carbonyl (C=O) groups excluding carboxylic acids is 3. The number of hydrogen-bond donors (Lipinski definition) is 2. The van der Waals surface area contributed by atoms with Gasteiger partial charge in [-0.3, -0.25) is 19.7 Å². The van der Waals surface area contributed by atoms with Gasteiger partial charge in [-0.15, -0.1) is 10.2 Å². The van der Waals surface area contributed by atoms with Crippen LogP contribution in [0.4, 0.5) is 5.13 Å². The Hall–Kier alpha value is -2.55. The molecular formula is C19H23N5O6S3. The Morgan fingerprint density at radius 1 is 1.15 bits per heavy atom. The molecule has 1 aliphatic heterocycles. The van der Waals surface area contributed by atoms with Crippen molar-refractivity contribution in [2.75, 3.05) is 37.3 Å². The maximum atomic E-state index is 12.6. The summed E-state index contributed by atoms with van der Waals surface area (Å²) in [4.78, 5) is 35.6. The fourth-order valence-corrected chi connectivity index (χ4v) is 6.00. The molecule has 2 amide bonds. The lowest BCUT2D eigenvalue weighted by Crippen LogP contribution is -2.31. The molecule has 14 heteroatoms. The van der Waals surface area contributed by atoms with Crippen molar-refractivity contribution in [3.63, 3.8) is 0 Å². The molecule has 1 aliphatic rings. The molecule has 0 atom stereocenters. The van der Waals surface area contributed by atoms with Gasteiger partial charge in [0, 0.05) is 18.7 Å². The molecule has 11 nitrogen and oxygen atoms in total. The van der Waals surface area contributed by atoms with Crippen molar-refractivity contribution in [2.24, 2.45) is 0 Å². The number of esters is 1. The van der Waals surface area contributed by atoms with E-state index in [9.17, 15) is 22.8 Å². The van der Waals surface area contributed by atoms with Gasteiger partial charge >= 0.3 is 5.97 Å². The highest BCUT2D eigenvalue weighted by atomic mass is 32.2. The summed E-state index contributed by atoms with van der Waals surface area (Å²) in [5, 5.41) is 13.1. The van der Waals surface area contributed by atoms with Gasteiger partial charge in [-0.05, 0) is 44.0 Å². The third kappa shape index (κ3) is 6.96. The summed E-state index contributed by atoms with van der Waals surface area (Å²) in [7, 11) is -3.54. The zero-order chi connectivity index (χ0) is 23.8. The molecule has 1 saturated heterocycles. The van der Waals surface area contributed by atoms with E-state index < -0.39 is 21.9 Å². The van der Waals surface area contributed by atoms with Crippen LogP contribution in [-0.2, 0) is 24.3 Å². The molecule has 3 rings (SSSR count). The van der Waals surface area contributed by atoms with Crippen molar-refractivity contribution < 1.29 is 27.5 Å². The maximum Gasteiger partial charge on any atom is 0.325 e. The topological polar surface area (TPSA) is 148 Å². The number of carbonyl (C=O) groups is 3. The van der Waals surface area contributed by atoms with E-state index >= 15 is 0 Å². The Morgan fingerprint density at radius 2 is 1.85 bits per heavy atom. The summed E-state index contributed by atoms with van der Waals surface area (Å²) in [5.41, 5.74) is 0.276. The molecule has 2 N–H and O–H groups in total. The lowest BCUT2D eigenvalue weighted by Gasteiger charge is -2.15. The number of hydrogen-bond acceptors (Lipinski definition) is 10. The van der Waals surface area contributed by atoms with Gasteiger partial charge in [0.1, 0.15) is 6.54 Å². The normalized spacial score (nSPS) is 14.1. The third-order valence-electron chi connectivity index (χ3n) is 4.51. The predicted octanol–water partition coefficient (Wildman–Crippen LogP) is 1.35. The minimum atomic E-state index is -3.54. The number of rotatable bonds is 10. The number of nitrogens with one attached hydrogen (secondary N) is 2. The van der Waals surface area contributed by atoms with Gasteiger partial charge in [0.15, 0.2) is 4.34 Å². The first-order chi connectivity index (χ1) is 15.8. The minimum absolute atomic E-state index is 0.0228. The highest BCUT2D eigenvalue weighted by Gasteiger charge is 2.27. The van der Waals surface area contributed by atoms with Crippen LogP contribution < -0.4 is 10.6 Å². The van der Waals surface area contributed by atoms with E-state index in [4.69, 9.17) is 4.74 Å². The van der Waals surface area contributed by atoms with Gasteiger partial charge in [-0.25, -0.2) is 8.42 Å². The molecule has 0 aliphatic carbocycles. The Kier molecular flexibility index (Phi) is 8.77. The van der Waals surface area contributed by atoms with Crippen molar-refractivity contribution in [1.82, 2.24) is 19.8 Å². The molecule has 0 bridgehead atoms. The maximum absolute atomic E-state index is 12.6. The first-order valence-electron chi connectivity index (χ1n) is 10.1. The Balaban J connectivity index is 1.50. The van der Waals surface area contributed by atoms with Crippen LogP contribution in [0.3, 0.4) is 0 Å². The quantitative estimate of drug-likeness (QED) is 0.273. The molecular weight excluding hydrogens is 490 g/mol. The van der Waals surface area contributed by atoms with Crippen LogP contribution in [0, 0.1) is 0 Å². The van der Waals surface area contributed by atoms with E-state index in [0.717, 1.165) is 35.9 Å². The Bertz CT molecular complexity index is 1100. The summed E-state index contributed by atoms with van der Waals surface area (Å²) in [6, 6.07) is 5.73. The summed E-state index contributed by atoms with van der Waals surface area (Å²) in [6.45, 7) is 2.73. The zero-order valence-corrected chi connectivity index (χ0v) is 20.2. The fourth-order valence-electron chi connectivity index (χ4n) is 2.90. The number of aromatic nitrogens is 2. The standard InChI is InChI=1S/C19H23N5O6S3/c1-2-30-16(26)11-20-15(25)12-31-19-23-22-18(32-19)21-17(27)13-5-7-14(8-6-13)33(28,29)24-9-3-4-10-24/h5-8H,2-4,9-12H2,1H3,(H,20,25)(H,21,22,27). The zero-order valence-electron chi connectivity index (χ0n) is 17.8. The molecule has 0 unspecified atom stereocenters. The molecule has 2 heterocycles. The first kappa shape index (κ1) is 25.1. The third-order valence-corrected chi connectivity index (χ3v) is 8.39. The van der Waals surface area contributed by atoms with Gasteiger partial charge in [0.25, 0.3) is 5.91 Å². The average Bonchev–Trinajstić information content (AvgIpc) is 3.49. The second-order valence-electron chi connectivity index (χ2n) is 6.83. The molecule has 178 valence electrons. The van der Waals surface area contributed by atoms with E-state index in [2.05, 4.69) is 20.8 Å². The van der Waals surface area contributed by atoms with E-state index in [-0.39, 0.29) is 40.4 Å². The number of sulfonamides is 1. The number of benzene rings is 1. The van der Waals surface area contributed by atoms with Crippen LogP contribution in [0.5, 0.6) is 0 Å². The number of amides is 2. The smallest absolute Gasteiger partial charge is 0.325 e. The summed E-state index contributed by atoms with van der Waals surface area (Å²) >= 11 is 2.20. The highest BCUT2D eigenvalue weighted by Crippen LogP contribution is 2.26. The summed E-state index contributed by atoms with van der Waals surface area (Å²) in [5.74, 6) is -1.31. The lowest BCUT2D eigenvalue weighted by molar-refractivity contribution is -0.143. The monoisotopic (exact) mass is 513 g/mol. The fraction of sp³-hybridized carbons (Fsp3) is 0.421. The minimum Gasteiger partial charge on any atom is -0.465 e. The van der Waals surface area contributed by atoms with Gasteiger partial charge in [-0.1, -0.05) is 23.1 Å². The molecule has 33 heavy (non-hydrogen) atoms. The molecule has 1 aromatic carbocycles. The SMILES string of the molecule is CCOC(=O)CNC(=O)CSc1nnc(NC(=O)c2ccc(S(=O)(=O)N3CCCC3)cc2)s1. The first-order valence-corrected chi connectivity index (χ1v) is 13.3. The van der Waals surface area contributed by atoms with Crippen LogP contribution in [0.25, 0.3) is 0 Å². The van der Waals surface area contributed by atoms with Gasteiger partial charge in [-0.2, -0.15) is 4.31 Å². The van der Waals surface area contributed by atoms with Crippen molar-refractivity contribution in [1.29, 1.82) is 0 Å². The van der Waals surface area contributed by atoms with Crippen molar-refractivity contribution >= 4 is 56.0 Å². The second kappa shape index (κ2) is 11.5. The number of nitrogens with zero attached hydrogens (tertiary/aromatic N) is 3. The van der Waals surface area contributed by atoms with Gasteiger partial charge in [0.05, 0.1) is 17.3 Å². The van der Waals surface area contributed by atoms with Crippen molar-refractivity contribution in [3.8, 4) is 0 Å². The van der Waals surface area contributed by atoms with Crippen molar-refractivity contribution in [2.45, 2.75) is 29.0 Å². The highest BCUT2D eigenvalue weighted by molar-refractivity contribution is 8.01. The summed E-state index contributed by atoms with van der Waals surface area (Å²) < 4.78 is 31.8.